The van der Waals surface area contributed by atoms with Gasteiger partial charge in [-0.15, -0.1) is 0 Å². The summed E-state index contributed by atoms with van der Waals surface area (Å²) in [6, 6.07) is 6.83. The first-order chi connectivity index (χ1) is 7.31. The van der Waals surface area contributed by atoms with Crippen LogP contribution in [0.25, 0.3) is 11.3 Å². The number of aromatic nitrogens is 2. The van der Waals surface area contributed by atoms with Gasteiger partial charge < -0.3 is 5.11 Å². The zero-order valence-electron chi connectivity index (χ0n) is 7.79. The summed E-state index contributed by atoms with van der Waals surface area (Å²) in [4.78, 5) is 18.3. The summed E-state index contributed by atoms with van der Waals surface area (Å²) in [7, 11) is 0. The molecular weight excluding hydrogens is 192 g/mol. The van der Waals surface area contributed by atoms with Crippen molar-refractivity contribution in [1.29, 1.82) is 0 Å². The van der Waals surface area contributed by atoms with Gasteiger partial charge in [0.15, 0.2) is 6.29 Å². The van der Waals surface area contributed by atoms with Crippen molar-refractivity contribution in [3.63, 3.8) is 0 Å². The van der Waals surface area contributed by atoms with Gasteiger partial charge in [0.1, 0.15) is 11.4 Å². The third-order valence-corrected chi connectivity index (χ3v) is 1.97. The molecule has 0 aliphatic carbocycles. The predicted octanol–water partition coefficient (Wildman–Crippen LogP) is 1.66. The number of hydrogen-bond acceptors (Lipinski definition) is 4. The molecule has 0 radical (unpaired) electrons. The molecule has 0 saturated carbocycles. The fraction of sp³-hybridized carbons (Fsp3) is 0. The Hall–Kier alpha value is -2.23. The lowest BCUT2D eigenvalue weighted by Crippen LogP contribution is -1.91. The molecule has 4 heteroatoms. The third-order valence-electron chi connectivity index (χ3n) is 1.97. The number of hydrogen-bond donors (Lipinski definition) is 1. The van der Waals surface area contributed by atoms with Crippen molar-refractivity contribution >= 4 is 6.29 Å². The van der Waals surface area contributed by atoms with Gasteiger partial charge in [0.2, 0.25) is 0 Å². The number of aldehydes is 1. The summed E-state index contributed by atoms with van der Waals surface area (Å²) in [6.45, 7) is 0. The minimum absolute atomic E-state index is 0.144. The first-order valence-electron chi connectivity index (χ1n) is 4.37. The number of rotatable bonds is 2. The van der Waals surface area contributed by atoms with Crippen LogP contribution in [0, 0.1) is 0 Å². The van der Waals surface area contributed by atoms with E-state index in [4.69, 9.17) is 0 Å². The van der Waals surface area contributed by atoms with Crippen molar-refractivity contribution < 1.29 is 9.90 Å². The second kappa shape index (κ2) is 3.88. The summed E-state index contributed by atoms with van der Waals surface area (Å²) in [5, 5.41) is 9.55. The Labute approximate surface area is 86.2 Å². The van der Waals surface area contributed by atoms with Gasteiger partial charge in [0.05, 0.1) is 18.1 Å². The maximum absolute atomic E-state index is 10.4. The van der Waals surface area contributed by atoms with E-state index >= 15 is 0 Å². The maximum Gasteiger partial charge on any atom is 0.170 e. The average Bonchev–Trinajstić information content (AvgIpc) is 2.30. The van der Waals surface area contributed by atoms with E-state index in [1.54, 1.807) is 24.3 Å². The van der Waals surface area contributed by atoms with Gasteiger partial charge >= 0.3 is 0 Å². The summed E-state index contributed by atoms with van der Waals surface area (Å²) < 4.78 is 0. The standard InChI is InChI=1S/C11H8N2O2/c14-7-8-5-13-10(6-12-8)9-3-1-2-4-11(9)15/h1-7,15H. The number of aromatic hydroxyl groups is 1. The molecule has 0 fully saturated rings. The molecule has 1 aromatic heterocycles. The SMILES string of the molecule is O=Cc1cnc(-c2ccccc2O)cn1. The zero-order valence-corrected chi connectivity index (χ0v) is 7.79. The first-order valence-corrected chi connectivity index (χ1v) is 4.37. The molecular formula is C11H8N2O2. The second-order valence-electron chi connectivity index (χ2n) is 2.96. The van der Waals surface area contributed by atoms with Gasteiger partial charge in [-0.2, -0.15) is 0 Å². The fourth-order valence-electron chi connectivity index (χ4n) is 1.23. The van der Waals surface area contributed by atoms with Gasteiger partial charge in [0.25, 0.3) is 0 Å². The molecule has 1 aromatic carbocycles. The van der Waals surface area contributed by atoms with E-state index in [1.807, 2.05) is 0 Å². The smallest absolute Gasteiger partial charge is 0.170 e. The lowest BCUT2D eigenvalue weighted by atomic mass is 10.1. The Bertz CT molecular complexity index is 480. The number of para-hydroxylation sites is 1. The molecule has 0 aliphatic rings. The minimum Gasteiger partial charge on any atom is -0.507 e. The monoisotopic (exact) mass is 200 g/mol. The van der Waals surface area contributed by atoms with Crippen LogP contribution in [0.3, 0.4) is 0 Å². The van der Waals surface area contributed by atoms with E-state index in [2.05, 4.69) is 9.97 Å². The molecule has 1 N–H and O–H groups in total. The van der Waals surface area contributed by atoms with Crippen LogP contribution >= 0.6 is 0 Å². The highest BCUT2D eigenvalue weighted by molar-refractivity contribution is 5.72. The molecule has 0 atom stereocenters. The average molecular weight is 200 g/mol. The Morgan fingerprint density at radius 3 is 2.53 bits per heavy atom. The molecule has 2 rings (SSSR count). The summed E-state index contributed by atoms with van der Waals surface area (Å²) in [6.07, 6.45) is 3.45. The van der Waals surface area contributed by atoms with Gasteiger partial charge in [-0.1, -0.05) is 12.1 Å². The Balaban J connectivity index is 2.46. The van der Waals surface area contributed by atoms with E-state index in [-0.39, 0.29) is 11.4 Å². The van der Waals surface area contributed by atoms with Gasteiger partial charge in [-0.3, -0.25) is 9.78 Å². The molecule has 4 nitrogen and oxygen atoms in total. The normalized spacial score (nSPS) is 9.87. The van der Waals surface area contributed by atoms with Crippen LogP contribution in [0.2, 0.25) is 0 Å². The molecule has 15 heavy (non-hydrogen) atoms. The molecule has 0 amide bonds. The van der Waals surface area contributed by atoms with Crippen molar-refractivity contribution in [2.45, 2.75) is 0 Å². The lowest BCUT2D eigenvalue weighted by Gasteiger charge is -2.02. The lowest BCUT2D eigenvalue weighted by molar-refractivity contribution is 0.111. The molecule has 0 bridgehead atoms. The Morgan fingerprint density at radius 1 is 1.13 bits per heavy atom. The quantitative estimate of drug-likeness (QED) is 0.749. The number of carbonyl (C=O) groups excluding carboxylic acids is 1. The molecule has 1 heterocycles. The number of nitrogens with zero attached hydrogens (tertiary/aromatic N) is 2. The van der Waals surface area contributed by atoms with Crippen LogP contribution in [0.1, 0.15) is 10.5 Å². The van der Waals surface area contributed by atoms with Crippen LogP contribution in [0.5, 0.6) is 5.75 Å². The minimum atomic E-state index is 0.144. The first kappa shape index (κ1) is 9.33. The summed E-state index contributed by atoms with van der Waals surface area (Å²) in [5.74, 6) is 0.144. The van der Waals surface area contributed by atoms with Gasteiger partial charge in [0, 0.05) is 5.56 Å². The second-order valence-corrected chi connectivity index (χ2v) is 2.96. The van der Waals surface area contributed by atoms with Crippen LogP contribution in [0.15, 0.2) is 36.7 Å². The molecule has 0 saturated heterocycles. The van der Waals surface area contributed by atoms with E-state index in [1.165, 1.54) is 12.4 Å². The van der Waals surface area contributed by atoms with E-state index in [9.17, 15) is 9.90 Å². The van der Waals surface area contributed by atoms with Crippen molar-refractivity contribution in [2.75, 3.05) is 0 Å². The maximum atomic E-state index is 10.4. The molecule has 0 spiro atoms. The number of benzene rings is 1. The molecule has 0 unspecified atom stereocenters. The fourth-order valence-corrected chi connectivity index (χ4v) is 1.23. The van der Waals surface area contributed by atoms with E-state index in [0.29, 0.717) is 17.5 Å². The van der Waals surface area contributed by atoms with Crippen LogP contribution in [0.4, 0.5) is 0 Å². The topological polar surface area (TPSA) is 63.1 Å². The highest BCUT2D eigenvalue weighted by atomic mass is 16.3. The predicted molar refractivity (Wildman–Crippen MR) is 54.5 cm³/mol. The van der Waals surface area contributed by atoms with Crippen molar-refractivity contribution in [2.24, 2.45) is 0 Å². The zero-order chi connectivity index (χ0) is 10.7. The largest absolute Gasteiger partial charge is 0.507 e. The van der Waals surface area contributed by atoms with Gasteiger partial charge in [-0.25, -0.2) is 4.98 Å². The number of carbonyl (C=O) groups is 1. The van der Waals surface area contributed by atoms with E-state index < -0.39 is 0 Å². The number of phenols is 1. The Kier molecular flexibility index (Phi) is 2.41. The van der Waals surface area contributed by atoms with Crippen molar-refractivity contribution in [1.82, 2.24) is 9.97 Å². The Morgan fingerprint density at radius 2 is 1.93 bits per heavy atom. The van der Waals surface area contributed by atoms with Crippen LogP contribution in [-0.2, 0) is 0 Å². The highest BCUT2D eigenvalue weighted by Crippen LogP contribution is 2.25. The number of phenolic OH excluding ortho intramolecular Hbond substituents is 1. The molecule has 2 aromatic rings. The van der Waals surface area contributed by atoms with Crippen LogP contribution in [-0.4, -0.2) is 21.4 Å². The summed E-state index contributed by atoms with van der Waals surface area (Å²) >= 11 is 0. The molecule has 74 valence electrons. The molecule has 0 aliphatic heterocycles. The van der Waals surface area contributed by atoms with E-state index in [0.717, 1.165) is 0 Å². The highest BCUT2D eigenvalue weighted by Gasteiger charge is 2.04. The van der Waals surface area contributed by atoms with Gasteiger partial charge in [-0.05, 0) is 12.1 Å². The van der Waals surface area contributed by atoms with Crippen molar-refractivity contribution in [3.05, 3.63) is 42.4 Å². The van der Waals surface area contributed by atoms with Crippen LogP contribution < -0.4 is 0 Å². The summed E-state index contributed by atoms with van der Waals surface area (Å²) in [5.41, 5.74) is 1.41. The van der Waals surface area contributed by atoms with Crippen molar-refractivity contribution in [3.8, 4) is 17.0 Å². The third kappa shape index (κ3) is 1.83.